The molecule has 2 aromatic rings. The lowest BCUT2D eigenvalue weighted by molar-refractivity contribution is -0.115. The van der Waals surface area contributed by atoms with Crippen molar-refractivity contribution in [1.82, 2.24) is 4.98 Å². The van der Waals surface area contributed by atoms with Crippen molar-refractivity contribution < 1.29 is 17.6 Å². The Labute approximate surface area is 135 Å². The minimum Gasteiger partial charge on any atom is -0.440 e. The molecule has 0 bridgehead atoms. The number of aromatic nitrogens is 1. The predicted octanol–water partition coefficient (Wildman–Crippen LogP) is 2.86. The summed E-state index contributed by atoms with van der Waals surface area (Å²) in [5.41, 5.74) is 1.86. The van der Waals surface area contributed by atoms with E-state index < -0.39 is 26.2 Å². The molecule has 1 atom stereocenters. The molecule has 1 aliphatic carbocycles. The van der Waals surface area contributed by atoms with E-state index in [0.29, 0.717) is 22.7 Å². The number of nitrogens with zero attached hydrogens (tertiary/aromatic N) is 1. The third-order valence-corrected chi connectivity index (χ3v) is 6.63. The van der Waals surface area contributed by atoms with Crippen LogP contribution in [0, 0.1) is 0 Å². The van der Waals surface area contributed by atoms with Gasteiger partial charge in [0.15, 0.2) is 21.3 Å². The first-order valence-corrected chi connectivity index (χ1v) is 9.34. The van der Waals surface area contributed by atoms with Crippen LogP contribution in [0.5, 0.6) is 0 Å². The molecule has 1 heterocycles. The normalized spacial score (nSPS) is 16.7. The number of carbonyl (C=O) groups excluding carboxylic acids is 1. The zero-order valence-electron chi connectivity index (χ0n) is 13.4. The second kappa shape index (κ2) is 5.63. The lowest BCUT2D eigenvalue weighted by atomic mass is 10.3. The van der Waals surface area contributed by atoms with Crippen molar-refractivity contribution >= 4 is 32.5 Å². The summed E-state index contributed by atoms with van der Waals surface area (Å²) in [6, 6.07) is 5.14. The highest BCUT2D eigenvalue weighted by molar-refractivity contribution is 7.93. The number of carbonyl (C=O) groups is 1. The van der Waals surface area contributed by atoms with E-state index in [9.17, 15) is 13.2 Å². The highest BCUT2D eigenvalue weighted by Crippen LogP contribution is 2.40. The Morgan fingerprint density at radius 3 is 2.61 bits per heavy atom. The average molecular weight is 336 g/mol. The maximum Gasteiger partial charge on any atom is 0.242 e. The Balaban J connectivity index is 1.79. The summed E-state index contributed by atoms with van der Waals surface area (Å²) in [6.45, 7) is 4.55. The van der Waals surface area contributed by atoms with Gasteiger partial charge in [-0.25, -0.2) is 13.4 Å². The van der Waals surface area contributed by atoms with Crippen molar-refractivity contribution in [3.63, 3.8) is 0 Å². The molecule has 7 heteroatoms. The number of oxazole rings is 1. The summed E-state index contributed by atoms with van der Waals surface area (Å²) in [7, 11) is -3.48. The fraction of sp³-hybridized carbons (Fsp3) is 0.500. The number of amides is 1. The molecule has 1 aromatic carbocycles. The van der Waals surface area contributed by atoms with Gasteiger partial charge < -0.3 is 9.73 Å². The number of nitrogens with one attached hydrogen (secondary N) is 1. The van der Waals surface area contributed by atoms with Crippen LogP contribution in [0.4, 0.5) is 5.69 Å². The van der Waals surface area contributed by atoms with E-state index in [-0.39, 0.29) is 0 Å². The van der Waals surface area contributed by atoms with E-state index in [1.165, 1.54) is 6.92 Å². The fourth-order valence-electron chi connectivity index (χ4n) is 2.33. The number of hydrogen-bond donors (Lipinski definition) is 1. The summed E-state index contributed by atoms with van der Waals surface area (Å²) in [5, 5.41) is 0.955. The van der Waals surface area contributed by atoms with Crippen molar-refractivity contribution in [2.24, 2.45) is 0 Å². The molecule has 1 aliphatic rings. The molecule has 0 saturated heterocycles. The van der Waals surface area contributed by atoms with E-state index in [4.69, 9.17) is 4.42 Å². The molecule has 1 fully saturated rings. The topological polar surface area (TPSA) is 89.3 Å². The van der Waals surface area contributed by atoms with Crippen LogP contribution in [-0.2, 0) is 14.6 Å². The minimum atomic E-state index is -3.48. The van der Waals surface area contributed by atoms with Crippen molar-refractivity contribution in [1.29, 1.82) is 0 Å². The number of anilines is 1. The fourth-order valence-corrected chi connectivity index (χ4v) is 3.50. The van der Waals surface area contributed by atoms with Crippen LogP contribution >= 0.6 is 0 Å². The SMILES string of the molecule is CC(C)S(=O)(=O)C(C)C(=O)Nc1ccc2oc(C3CC3)nc2c1. The van der Waals surface area contributed by atoms with E-state index in [1.54, 1.807) is 32.0 Å². The van der Waals surface area contributed by atoms with Gasteiger partial charge in [0.25, 0.3) is 0 Å². The summed E-state index contributed by atoms with van der Waals surface area (Å²) in [6.07, 6.45) is 2.20. The van der Waals surface area contributed by atoms with E-state index >= 15 is 0 Å². The molecule has 1 N–H and O–H groups in total. The molecule has 3 rings (SSSR count). The van der Waals surface area contributed by atoms with Crippen molar-refractivity contribution in [2.45, 2.75) is 50.0 Å². The van der Waals surface area contributed by atoms with Crippen LogP contribution in [0.3, 0.4) is 0 Å². The van der Waals surface area contributed by atoms with Gasteiger partial charge in [0, 0.05) is 11.6 Å². The Bertz CT molecular complexity index is 850. The standard InChI is InChI=1S/C16H20N2O4S/c1-9(2)23(20,21)10(3)15(19)17-12-6-7-14-13(8-12)18-16(22-14)11-4-5-11/h6-11H,4-5H2,1-3H3,(H,17,19). The van der Waals surface area contributed by atoms with Gasteiger partial charge in [0.2, 0.25) is 5.91 Å². The summed E-state index contributed by atoms with van der Waals surface area (Å²) in [4.78, 5) is 16.6. The first-order chi connectivity index (χ1) is 10.8. The number of sulfone groups is 1. The van der Waals surface area contributed by atoms with Crippen LogP contribution in [0.1, 0.15) is 45.4 Å². The van der Waals surface area contributed by atoms with Crippen LogP contribution in [0.15, 0.2) is 22.6 Å². The molecule has 23 heavy (non-hydrogen) atoms. The first kappa shape index (κ1) is 16.0. The monoisotopic (exact) mass is 336 g/mol. The number of rotatable bonds is 5. The Morgan fingerprint density at radius 2 is 2.00 bits per heavy atom. The molecule has 1 aromatic heterocycles. The lowest BCUT2D eigenvalue weighted by Gasteiger charge is -2.15. The first-order valence-electron chi connectivity index (χ1n) is 7.73. The van der Waals surface area contributed by atoms with E-state index in [2.05, 4.69) is 10.3 Å². The van der Waals surface area contributed by atoms with Gasteiger partial charge in [-0.1, -0.05) is 0 Å². The average Bonchev–Trinajstić information content (AvgIpc) is 3.26. The zero-order chi connectivity index (χ0) is 16.8. The Morgan fingerprint density at radius 1 is 1.30 bits per heavy atom. The molecule has 124 valence electrons. The molecule has 1 amide bonds. The van der Waals surface area contributed by atoms with Crippen LogP contribution in [-0.4, -0.2) is 29.8 Å². The second-order valence-corrected chi connectivity index (χ2v) is 9.11. The zero-order valence-corrected chi connectivity index (χ0v) is 14.2. The number of hydrogen-bond acceptors (Lipinski definition) is 5. The predicted molar refractivity (Wildman–Crippen MR) is 88.1 cm³/mol. The number of benzene rings is 1. The molecule has 0 spiro atoms. The van der Waals surface area contributed by atoms with Gasteiger partial charge in [-0.3, -0.25) is 4.79 Å². The maximum atomic E-state index is 12.2. The van der Waals surface area contributed by atoms with Gasteiger partial charge in [-0.2, -0.15) is 0 Å². The largest absolute Gasteiger partial charge is 0.440 e. The van der Waals surface area contributed by atoms with E-state index in [0.717, 1.165) is 18.7 Å². The van der Waals surface area contributed by atoms with Gasteiger partial charge in [0.1, 0.15) is 10.8 Å². The molecule has 6 nitrogen and oxygen atoms in total. The molecular formula is C16H20N2O4S. The lowest BCUT2D eigenvalue weighted by Crippen LogP contribution is -2.36. The van der Waals surface area contributed by atoms with Gasteiger partial charge in [-0.15, -0.1) is 0 Å². The molecule has 0 radical (unpaired) electrons. The van der Waals surface area contributed by atoms with Crippen molar-refractivity contribution in [3.8, 4) is 0 Å². The molecule has 1 saturated carbocycles. The quantitative estimate of drug-likeness (QED) is 0.907. The highest BCUT2D eigenvalue weighted by atomic mass is 32.2. The smallest absolute Gasteiger partial charge is 0.242 e. The third-order valence-electron chi connectivity index (χ3n) is 4.12. The highest BCUT2D eigenvalue weighted by Gasteiger charge is 2.31. The summed E-state index contributed by atoms with van der Waals surface area (Å²) >= 11 is 0. The minimum absolute atomic E-state index is 0.414. The van der Waals surface area contributed by atoms with Crippen molar-refractivity contribution in [3.05, 3.63) is 24.1 Å². The summed E-state index contributed by atoms with van der Waals surface area (Å²) in [5.74, 6) is 0.611. The van der Waals surface area contributed by atoms with Gasteiger partial charge in [-0.05, 0) is 51.8 Å². The second-order valence-electron chi connectivity index (χ2n) is 6.28. The molecular weight excluding hydrogens is 316 g/mol. The van der Waals surface area contributed by atoms with Crippen LogP contribution in [0.25, 0.3) is 11.1 Å². The van der Waals surface area contributed by atoms with Crippen LogP contribution in [0.2, 0.25) is 0 Å². The Kier molecular flexibility index (Phi) is 3.91. The molecule has 1 unspecified atom stereocenters. The van der Waals surface area contributed by atoms with Gasteiger partial charge in [0.05, 0.1) is 5.25 Å². The van der Waals surface area contributed by atoms with Crippen LogP contribution < -0.4 is 5.32 Å². The van der Waals surface area contributed by atoms with E-state index in [1.807, 2.05) is 0 Å². The van der Waals surface area contributed by atoms with Crippen molar-refractivity contribution in [2.75, 3.05) is 5.32 Å². The number of fused-ring (bicyclic) bond motifs is 1. The maximum absolute atomic E-state index is 12.2. The third kappa shape index (κ3) is 3.10. The molecule has 0 aliphatic heterocycles. The van der Waals surface area contributed by atoms with Gasteiger partial charge >= 0.3 is 0 Å². The Hall–Kier alpha value is -1.89. The summed E-state index contributed by atoms with van der Waals surface area (Å²) < 4.78 is 29.8.